The van der Waals surface area contributed by atoms with Crippen LogP contribution in [0.3, 0.4) is 0 Å². The number of rotatable bonds is 6. The summed E-state index contributed by atoms with van der Waals surface area (Å²) in [4.78, 5) is 23.7. The zero-order chi connectivity index (χ0) is 17.5. The summed E-state index contributed by atoms with van der Waals surface area (Å²) in [7, 11) is 3.14. The maximum absolute atomic E-state index is 11.9. The molecule has 2 amide bonds. The molecule has 0 spiro atoms. The zero-order valence-corrected chi connectivity index (χ0v) is 13.8. The van der Waals surface area contributed by atoms with Gasteiger partial charge >= 0.3 is 0 Å². The van der Waals surface area contributed by atoms with Crippen LogP contribution in [0.5, 0.6) is 11.5 Å². The van der Waals surface area contributed by atoms with Gasteiger partial charge in [-0.15, -0.1) is 0 Å². The molecule has 2 aromatic rings. The van der Waals surface area contributed by atoms with Crippen molar-refractivity contribution in [2.45, 2.75) is 19.8 Å². The number of aryl methyl sites for hydroxylation is 2. The second-order valence-electron chi connectivity index (χ2n) is 5.11. The predicted molar refractivity (Wildman–Crippen MR) is 86.9 cm³/mol. The van der Waals surface area contributed by atoms with Crippen LogP contribution in [-0.2, 0) is 11.2 Å². The van der Waals surface area contributed by atoms with Gasteiger partial charge in [0.15, 0.2) is 0 Å². The van der Waals surface area contributed by atoms with Crippen LogP contribution in [-0.4, -0.2) is 26.0 Å². The molecule has 0 unspecified atom stereocenters. The number of ether oxygens (including phenoxy) is 2. The Bertz CT molecular complexity index is 701. The fourth-order valence-corrected chi connectivity index (χ4v) is 2.15. The lowest BCUT2D eigenvalue weighted by Gasteiger charge is -2.09. The molecule has 2 N–H and O–H groups in total. The second-order valence-corrected chi connectivity index (χ2v) is 5.11. The van der Waals surface area contributed by atoms with Gasteiger partial charge in [-0.2, -0.15) is 0 Å². The Morgan fingerprint density at radius 3 is 2.29 bits per heavy atom. The standard InChI is InChI=1S/C17H20N2O5/c1-11-15(6-7-24-11)17(21)19-18-16(20)5-4-12-8-13(22-2)10-14(9-12)23-3/h6-10H,4-5H2,1-3H3,(H,18,20)(H,19,21). The van der Waals surface area contributed by atoms with Crippen LogP contribution < -0.4 is 20.3 Å². The Morgan fingerprint density at radius 2 is 1.75 bits per heavy atom. The number of furan rings is 1. The van der Waals surface area contributed by atoms with Crippen molar-refractivity contribution in [2.24, 2.45) is 0 Å². The van der Waals surface area contributed by atoms with Crippen molar-refractivity contribution in [1.82, 2.24) is 10.9 Å². The van der Waals surface area contributed by atoms with E-state index in [1.807, 2.05) is 12.1 Å². The minimum atomic E-state index is -0.419. The van der Waals surface area contributed by atoms with Crippen LogP contribution in [0.25, 0.3) is 0 Å². The number of amides is 2. The van der Waals surface area contributed by atoms with E-state index in [0.717, 1.165) is 5.56 Å². The largest absolute Gasteiger partial charge is 0.497 e. The number of benzene rings is 1. The number of hydrogen-bond acceptors (Lipinski definition) is 5. The highest BCUT2D eigenvalue weighted by molar-refractivity contribution is 5.96. The highest BCUT2D eigenvalue weighted by Crippen LogP contribution is 2.23. The van der Waals surface area contributed by atoms with Gasteiger partial charge < -0.3 is 13.9 Å². The molecule has 1 heterocycles. The monoisotopic (exact) mass is 332 g/mol. The molecule has 0 bridgehead atoms. The van der Waals surface area contributed by atoms with E-state index in [-0.39, 0.29) is 12.3 Å². The average molecular weight is 332 g/mol. The summed E-state index contributed by atoms with van der Waals surface area (Å²) < 4.78 is 15.4. The first-order valence-corrected chi connectivity index (χ1v) is 7.38. The van der Waals surface area contributed by atoms with Gasteiger partial charge in [-0.1, -0.05) is 0 Å². The first kappa shape index (κ1) is 17.4. The maximum Gasteiger partial charge on any atom is 0.273 e. The SMILES string of the molecule is COc1cc(CCC(=O)NNC(=O)c2ccoc2C)cc(OC)c1. The Morgan fingerprint density at radius 1 is 1.08 bits per heavy atom. The number of carbonyl (C=O) groups is 2. The molecule has 0 aliphatic rings. The van der Waals surface area contributed by atoms with Gasteiger partial charge in [0.2, 0.25) is 5.91 Å². The van der Waals surface area contributed by atoms with E-state index in [1.54, 1.807) is 33.3 Å². The maximum atomic E-state index is 11.9. The number of methoxy groups -OCH3 is 2. The lowest BCUT2D eigenvalue weighted by Crippen LogP contribution is -2.41. The Labute approximate surface area is 139 Å². The van der Waals surface area contributed by atoms with Gasteiger partial charge in [-0.3, -0.25) is 20.4 Å². The molecular weight excluding hydrogens is 312 g/mol. The Balaban J connectivity index is 1.85. The van der Waals surface area contributed by atoms with E-state index in [4.69, 9.17) is 13.9 Å². The van der Waals surface area contributed by atoms with E-state index >= 15 is 0 Å². The molecule has 0 saturated heterocycles. The first-order chi connectivity index (χ1) is 11.5. The van der Waals surface area contributed by atoms with Gasteiger partial charge in [-0.05, 0) is 37.1 Å². The molecule has 7 nitrogen and oxygen atoms in total. The number of carbonyl (C=O) groups excluding carboxylic acids is 2. The number of hydrazine groups is 1. The molecule has 0 atom stereocenters. The van der Waals surface area contributed by atoms with E-state index in [0.29, 0.717) is 29.2 Å². The third kappa shape index (κ3) is 4.52. The van der Waals surface area contributed by atoms with Crippen LogP contribution in [0, 0.1) is 6.92 Å². The van der Waals surface area contributed by atoms with Gasteiger partial charge in [-0.25, -0.2) is 0 Å². The Hall–Kier alpha value is -2.96. The van der Waals surface area contributed by atoms with Gasteiger partial charge in [0.05, 0.1) is 26.0 Å². The summed E-state index contributed by atoms with van der Waals surface area (Å²) in [6.45, 7) is 1.67. The summed E-state index contributed by atoms with van der Waals surface area (Å²) in [5, 5.41) is 0. The number of nitrogens with one attached hydrogen (secondary N) is 2. The third-order valence-electron chi connectivity index (χ3n) is 3.47. The van der Waals surface area contributed by atoms with Gasteiger partial charge in [0.1, 0.15) is 17.3 Å². The smallest absolute Gasteiger partial charge is 0.273 e. The summed E-state index contributed by atoms with van der Waals surface area (Å²) >= 11 is 0. The summed E-state index contributed by atoms with van der Waals surface area (Å²) in [6, 6.07) is 6.98. The van der Waals surface area contributed by atoms with Crippen LogP contribution in [0.2, 0.25) is 0 Å². The first-order valence-electron chi connectivity index (χ1n) is 7.38. The van der Waals surface area contributed by atoms with E-state index in [9.17, 15) is 9.59 Å². The van der Waals surface area contributed by atoms with Crippen molar-refractivity contribution in [3.63, 3.8) is 0 Å². The predicted octanol–water partition coefficient (Wildman–Crippen LogP) is 2.00. The Kier molecular flexibility index (Phi) is 5.83. The summed E-state index contributed by atoms with van der Waals surface area (Å²) in [5.41, 5.74) is 6.03. The van der Waals surface area contributed by atoms with Crippen molar-refractivity contribution >= 4 is 11.8 Å². The molecule has 1 aromatic heterocycles. The molecule has 0 fully saturated rings. The van der Waals surface area contributed by atoms with Gasteiger partial charge in [0, 0.05) is 12.5 Å². The van der Waals surface area contributed by atoms with Crippen molar-refractivity contribution < 1.29 is 23.5 Å². The minimum absolute atomic E-state index is 0.209. The molecule has 24 heavy (non-hydrogen) atoms. The summed E-state index contributed by atoms with van der Waals surface area (Å²) in [5.74, 6) is 1.09. The van der Waals surface area contributed by atoms with E-state index in [1.165, 1.54) is 6.26 Å². The minimum Gasteiger partial charge on any atom is -0.497 e. The van der Waals surface area contributed by atoms with Crippen molar-refractivity contribution in [3.8, 4) is 11.5 Å². The molecular formula is C17H20N2O5. The van der Waals surface area contributed by atoms with Crippen LogP contribution in [0.4, 0.5) is 0 Å². The quantitative estimate of drug-likeness (QED) is 0.790. The lowest BCUT2D eigenvalue weighted by atomic mass is 10.1. The molecule has 2 rings (SSSR count). The van der Waals surface area contributed by atoms with Gasteiger partial charge in [0.25, 0.3) is 5.91 Å². The number of hydrogen-bond donors (Lipinski definition) is 2. The fourth-order valence-electron chi connectivity index (χ4n) is 2.15. The highest BCUT2D eigenvalue weighted by Gasteiger charge is 2.12. The van der Waals surface area contributed by atoms with Crippen LogP contribution in [0.1, 0.15) is 28.1 Å². The molecule has 7 heteroatoms. The highest BCUT2D eigenvalue weighted by atomic mass is 16.5. The third-order valence-corrected chi connectivity index (χ3v) is 3.47. The molecule has 128 valence electrons. The second kappa shape index (κ2) is 8.05. The van der Waals surface area contributed by atoms with E-state index in [2.05, 4.69) is 10.9 Å². The molecule has 0 aliphatic heterocycles. The van der Waals surface area contributed by atoms with Crippen molar-refractivity contribution in [1.29, 1.82) is 0 Å². The normalized spacial score (nSPS) is 10.1. The topological polar surface area (TPSA) is 89.8 Å². The molecule has 0 aliphatic carbocycles. The fraction of sp³-hybridized carbons (Fsp3) is 0.294. The van der Waals surface area contributed by atoms with E-state index < -0.39 is 5.91 Å². The zero-order valence-electron chi connectivity index (χ0n) is 13.8. The lowest BCUT2D eigenvalue weighted by molar-refractivity contribution is -0.121. The summed E-state index contributed by atoms with van der Waals surface area (Å²) in [6.07, 6.45) is 2.11. The molecule has 1 aromatic carbocycles. The van der Waals surface area contributed by atoms with Crippen molar-refractivity contribution in [2.75, 3.05) is 14.2 Å². The molecule has 0 saturated carbocycles. The average Bonchev–Trinajstić information content (AvgIpc) is 3.03. The molecule has 0 radical (unpaired) electrons. The van der Waals surface area contributed by atoms with Crippen LogP contribution in [0.15, 0.2) is 34.9 Å². The van der Waals surface area contributed by atoms with Crippen molar-refractivity contribution in [3.05, 3.63) is 47.4 Å². The van der Waals surface area contributed by atoms with Crippen LogP contribution >= 0.6 is 0 Å².